The second-order valence-electron chi connectivity index (χ2n) is 3.55. The van der Waals surface area contributed by atoms with Crippen LogP contribution in [0.2, 0.25) is 10.0 Å². The summed E-state index contributed by atoms with van der Waals surface area (Å²) < 4.78 is 1.88. The van der Waals surface area contributed by atoms with Crippen LogP contribution in [-0.4, -0.2) is 9.55 Å². The summed E-state index contributed by atoms with van der Waals surface area (Å²) in [6, 6.07) is 5.06. The Morgan fingerprint density at radius 2 is 2.06 bits per heavy atom. The number of nitrogens with two attached hydrogens (primary N) is 1. The highest BCUT2D eigenvalue weighted by Crippen LogP contribution is 2.26. The van der Waals surface area contributed by atoms with Gasteiger partial charge in [0.05, 0.1) is 16.1 Å². The molecule has 1 aromatic carbocycles. The minimum Gasteiger partial charge on any atom is -0.336 e. The monoisotopic (exact) mass is 255 g/mol. The summed E-state index contributed by atoms with van der Waals surface area (Å²) in [6.45, 7) is 0. The number of hydrogen-bond donors (Lipinski definition) is 1. The van der Waals surface area contributed by atoms with E-state index < -0.39 is 0 Å². The van der Waals surface area contributed by atoms with Crippen LogP contribution >= 0.6 is 23.2 Å². The molecule has 0 saturated carbocycles. The number of aromatic nitrogens is 2. The molecule has 0 saturated heterocycles. The first-order valence-corrected chi connectivity index (χ1v) is 5.53. The minimum absolute atomic E-state index is 0.297. The van der Waals surface area contributed by atoms with E-state index in [-0.39, 0.29) is 6.04 Å². The fourth-order valence-electron chi connectivity index (χ4n) is 1.53. The highest BCUT2D eigenvalue weighted by atomic mass is 35.5. The topological polar surface area (TPSA) is 43.8 Å². The van der Waals surface area contributed by atoms with Gasteiger partial charge in [-0.15, -0.1) is 0 Å². The average molecular weight is 256 g/mol. The molecule has 2 N–H and O–H groups in total. The van der Waals surface area contributed by atoms with Crippen molar-refractivity contribution in [2.24, 2.45) is 12.8 Å². The summed E-state index contributed by atoms with van der Waals surface area (Å²) in [5.41, 5.74) is 6.99. The van der Waals surface area contributed by atoms with E-state index in [1.54, 1.807) is 18.3 Å². The van der Waals surface area contributed by atoms with Crippen molar-refractivity contribution in [3.8, 4) is 0 Å². The lowest BCUT2D eigenvalue weighted by Gasteiger charge is -2.12. The van der Waals surface area contributed by atoms with Crippen LogP contribution in [0, 0.1) is 0 Å². The van der Waals surface area contributed by atoms with Crippen LogP contribution in [-0.2, 0) is 7.05 Å². The molecular formula is C11H11Cl2N3. The first-order valence-electron chi connectivity index (χ1n) is 4.77. The van der Waals surface area contributed by atoms with Crippen molar-refractivity contribution in [2.75, 3.05) is 0 Å². The van der Waals surface area contributed by atoms with E-state index in [0.29, 0.717) is 10.0 Å². The third kappa shape index (κ3) is 2.07. The fourth-order valence-corrected chi connectivity index (χ4v) is 1.84. The Morgan fingerprint density at radius 3 is 2.62 bits per heavy atom. The van der Waals surface area contributed by atoms with Gasteiger partial charge in [-0.1, -0.05) is 29.3 Å². The first-order chi connectivity index (χ1) is 7.59. The Morgan fingerprint density at radius 1 is 1.31 bits per heavy atom. The molecule has 0 spiro atoms. The number of benzene rings is 1. The van der Waals surface area contributed by atoms with Crippen LogP contribution in [0.5, 0.6) is 0 Å². The maximum atomic E-state index is 6.10. The summed E-state index contributed by atoms with van der Waals surface area (Å²) in [6.07, 6.45) is 3.57. The molecule has 0 aliphatic heterocycles. The van der Waals surface area contributed by atoms with E-state index in [9.17, 15) is 0 Å². The third-order valence-electron chi connectivity index (χ3n) is 2.44. The standard InChI is InChI=1S/C11H11Cl2N3/c1-16-5-4-15-11(16)10(14)7-2-3-8(12)9(13)6-7/h2-6,10H,14H2,1H3. The molecular weight excluding hydrogens is 245 g/mol. The second kappa shape index (κ2) is 4.45. The lowest BCUT2D eigenvalue weighted by Crippen LogP contribution is -2.16. The Kier molecular flexibility index (Phi) is 3.19. The van der Waals surface area contributed by atoms with E-state index in [4.69, 9.17) is 28.9 Å². The smallest absolute Gasteiger partial charge is 0.129 e. The van der Waals surface area contributed by atoms with Gasteiger partial charge in [0.15, 0.2) is 0 Å². The van der Waals surface area contributed by atoms with E-state index in [1.807, 2.05) is 23.9 Å². The van der Waals surface area contributed by atoms with E-state index in [0.717, 1.165) is 11.4 Å². The Balaban J connectivity index is 2.38. The fraction of sp³-hybridized carbons (Fsp3) is 0.182. The van der Waals surface area contributed by atoms with Gasteiger partial charge >= 0.3 is 0 Å². The highest BCUT2D eigenvalue weighted by molar-refractivity contribution is 6.42. The quantitative estimate of drug-likeness (QED) is 0.897. The molecule has 0 aliphatic rings. The maximum Gasteiger partial charge on any atom is 0.129 e. The third-order valence-corrected chi connectivity index (χ3v) is 3.18. The molecule has 16 heavy (non-hydrogen) atoms. The number of aryl methyl sites for hydroxylation is 1. The van der Waals surface area contributed by atoms with Crippen LogP contribution in [0.1, 0.15) is 17.4 Å². The molecule has 2 rings (SSSR count). The lowest BCUT2D eigenvalue weighted by atomic mass is 10.1. The molecule has 0 fully saturated rings. The SMILES string of the molecule is Cn1ccnc1C(N)c1ccc(Cl)c(Cl)c1. The molecule has 1 unspecified atom stereocenters. The number of halogens is 2. The Bertz CT molecular complexity index is 508. The van der Waals surface area contributed by atoms with Crippen molar-refractivity contribution < 1.29 is 0 Å². The van der Waals surface area contributed by atoms with Crippen molar-refractivity contribution in [2.45, 2.75) is 6.04 Å². The second-order valence-corrected chi connectivity index (χ2v) is 4.36. The summed E-state index contributed by atoms with van der Waals surface area (Å²) in [5.74, 6) is 0.790. The van der Waals surface area contributed by atoms with Crippen molar-refractivity contribution in [1.29, 1.82) is 0 Å². The molecule has 84 valence electrons. The number of nitrogens with zero attached hydrogens (tertiary/aromatic N) is 2. The van der Waals surface area contributed by atoms with E-state index >= 15 is 0 Å². The molecule has 5 heteroatoms. The normalized spacial score (nSPS) is 12.8. The predicted molar refractivity (Wildman–Crippen MR) is 65.7 cm³/mol. The molecule has 0 aliphatic carbocycles. The van der Waals surface area contributed by atoms with Crippen LogP contribution in [0.25, 0.3) is 0 Å². The van der Waals surface area contributed by atoms with Gasteiger partial charge in [0.1, 0.15) is 5.82 Å². The van der Waals surface area contributed by atoms with E-state index in [1.165, 1.54) is 0 Å². The van der Waals surface area contributed by atoms with Crippen LogP contribution in [0.15, 0.2) is 30.6 Å². The average Bonchev–Trinajstić information content (AvgIpc) is 2.67. The zero-order valence-electron chi connectivity index (χ0n) is 8.69. The van der Waals surface area contributed by atoms with Crippen molar-refractivity contribution in [3.05, 3.63) is 52.0 Å². The first kappa shape index (κ1) is 11.5. The van der Waals surface area contributed by atoms with Gasteiger partial charge in [0.2, 0.25) is 0 Å². The largest absolute Gasteiger partial charge is 0.336 e. The van der Waals surface area contributed by atoms with Crippen molar-refractivity contribution in [1.82, 2.24) is 9.55 Å². The number of imidazole rings is 1. The van der Waals surface area contributed by atoms with Crippen LogP contribution in [0.3, 0.4) is 0 Å². The van der Waals surface area contributed by atoms with Crippen LogP contribution < -0.4 is 5.73 Å². The van der Waals surface area contributed by atoms with Crippen molar-refractivity contribution in [3.63, 3.8) is 0 Å². The zero-order chi connectivity index (χ0) is 11.7. The van der Waals surface area contributed by atoms with Gasteiger partial charge in [0, 0.05) is 19.4 Å². The molecule has 1 heterocycles. The summed E-state index contributed by atoms with van der Waals surface area (Å²) in [7, 11) is 1.90. The van der Waals surface area contributed by atoms with Gasteiger partial charge in [-0.05, 0) is 17.7 Å². The lowest BCUT2D eigenvalue weighted by molar-refractivity contribution is 0.717. The zero-order valence-corrected chi connectivity index (χ0v) is 10.2. The highest BCUT2D eigenvalue weighted by Gasteiger charge is 2.14. The predicted octanol–water partition coefficient (Wildman–Crippen LogP) is 2.78. The van der Waals surface area contributed by atoms with Crippen LogP contribution in [0.4, 0.5) is 0 Å². The molecule has 1 aromatic heterocycles. The van der Waals surface area contributed by atoms with Gasteiger partial charge < -0.3 is 10.3 Å². The number of hydrogen-bond acceptors (Lipinski definition) is 2. The molecule has 0 bridgehead atoms. The summed E-state index contributed by atoms with van der Waals surface area (Å²) in [5, 5.41) is 1.03. The molecule has 0 amide bonds. The maximum absolute atomic E-state index is 6.10. The van der Waals surface area contributed by atoms with Gasteiger partial charge in [0.25, 0.3) is 0 Å². The molecule has 2 aromatic rings. The van der Waals surface area contributed by atoms with Gasteiger partial charge in [-0.25, -0.2) is 4.98 Å². The molecule has 0 radical (unpaired) electrons. The Labute approximate surface area is 104 Å². The Hall–Kier alpha value is -1.03. The minimum atomic E-state index is -0.297. The van der Waals surface area contributed by atoms with Crippen molar-refractivity contribution >= 4 is 23.2 Å². The number of rotatable bonds is 2. The molecule has 1 atom stereocenters. The summed E-state index contributed by atoms with van der Waals surface area (Å²) in [4.78, 5) is 4.21. The van der Waals surface area contributed by atoms with Gasteiger partial charge in [-0.3, -0.25) is 0 Å². The summed E-state index contributed by atoms with van der Waals surface area (Å²) >= 11 is 11.8. The van der Waals surface area contributed by atoms with Gasteiger partial charge in [-0.2, -0.15) is 0 Å². The molecule has 3 nitrogen and oxygen atoms in total. The van der Waals surface area contributed by atoms with E-state index in [2.05, 4.69) is 4.98 Å².